The number of nitrogens with zero attached hydrogens (tertiary/aromatic N) is 4. The first-order valence-corrected chi connectivity index (χ1v) is 11.4. The van der Waals surface area contributed by atoms with Crippen molar-refractivity contribution in [2.45, 2.75) is 19.9 Å². The van der Waals surface area contributed by atoms with Crippen LogP contribution in [-0.2, 0) is 27.9 Å². The Hall–Kier alpha value is -4.40. The first kappa shape index (κ1) is 22.4. The largest absolute Gasteiger partial charge is 0.462 e. The first-order valence-electron chi connectivity index (χ1n) is 11.4. The van der Waals surface area contributed by atoms with Crippen LogP contribution >= 0.6 is 0 Å². The van der Waals surface area contributed by atoms with Gasteiger partial charge in [0.05, 0.1) is 24.4 Å². The van der Waals surface area contributed by atoms with Gasteiger partial charge in [-0.2, -0.15) is 5.10 Å². The fraction of sp³-hybridized carbons (Fsp3) is 0.231. The van der Waals surface area contributed by atoms with Crippen molar-refractivity contribution in [2.75, 3.05) is 23.4 Å². The summed E-state index contributed by atoms with van der Waals surface area (Å²) in [5.41, 5.74) is 3.75. The molecule has 0 atom stereocenters. The fourth-order valence-corrected chi connectivity index (χ4v) is 4.35. The predicted molar refractivity (Wildman–Crippen MR) is 132 cm³/mol. The van der Waals surface area contributed by atoms with Crippen LogP contribution in [0.15, 0.2) is 60.8 Å². The number of benzene rings is 2. The Balaban J connectivity index is 1.35. The lowest BCUT2D eigenvalue weighted by molar-refractivity contribution is -0.122. The van der Waals surface area contributed by atoms with E-state index >= 15 is 0 Å². The van der Waals surface area contributed by atoms with Gasteiger partial charge in [-0.05, 0) is 37.3 Å². The van der Waals surface area contributed by atoms with Crippen LogP contribution in [0.1, 0.15) is 23.7 Å². The lowest BCUT2D eigenvalue weighted by atomic mass is 10.1. The molecule has 0 spiro atoms. The Morgan fingerprint density at radius 1 is 1.11 bits per heavy atom. The molecule has 5 rings (SSSR count). The summed E-state index contributed by atoms with van der Waals surface area (Å²) < 4.78 is 8.80. The molecule has 9 nitrogen and oxygen atoms in total. The van der Waals surface area contributed by atoms with Crippen molar-refractivity contribution < 1.29 is 19.1 Å². The van der Waals surface area contributed by atoms with Gasteiger partial charge in [-0.1, -0.05) is 18.2 Å². The Kier molecular flexibility index (Phi) is 5.82. The number of ether oxygens (including phenoxy) is 1. The molecule has 0 saturated carbocycles. The molecule has 2 aromatic carbocycles. The molecule has 0 radical (unpaired) electrons. The molecule has 35 heavy (non-hydrogen) atoms. The average Bonchev–Trinajstić information content (AvgIpc) is 3.43. The number of carbonyl (C=O) groups is 3. The molecule has 9 heteroatoms. The van der Waals surface area contributed by atoms with E-state index in [1.807, 2.05) is 48.1 Å². The van der Waals surface area contributed by atoms with Gasteiger partial charge in [0, 0.05) is 47.9 Å². The monoisotopic (exact) mass is 471 g/mol. The quantitative estimate of drug-likeness (QED) is 0.434. The van der Waals surface area contributed by atoms with Gasteiger partial charge < -0.3 is 14.6 Å². The normalized spacial score (nSPS) is 13.1. The smallest absolute Gasteiger partial charge is 0.338 e. The zero-order valence-corrected chi connectivity index (χ0v) is 19.5. The maximum Gasteiger partial charge on any atom is 0.338 e. The lowest BCUT2D eigenvalue weighted by Gasteiger charge is -2.26. The third-order valence-electron chi connectivity index (χ3n) is 6.03. The summed E-state index contributed by atoms with van der Waals surface area (Å²) in [6.07, 6.45) is 2.29. The van der Waals surface area contributed by atoms with E-state index in [0.717, 1.165) is 22.2 Å². The van der Waals surface area contributed by atoms with Crippen molar-refractivity contribution >= 4 is 40.2 Å². The van der Waals surface area contributed by atoms with E-state index in [2.05, 4.69) is 5.32 Å². The topological polar surface area (TPSA) is 98.5 Å². The van der Waals surface area contributed by atoms with Gasteiger partial charge >= 0.3 is 5.97 Å². The maximum absolute atomic E-state index is 12.8. The summed E-state index contributed by atoms with van der Waals surface area (Å²) in [5, 5.41) is 8.60. The van der Waals surface area contributed by atoms with Crippen LogP contribution in [0.5, 0.6) is 0 Å². The van der Waals surface area contributed by atoms with E-state index in [0.29, 0.717) is 30.2 Å². The van der Waals surface area contributed by atoms with E-state index in [-0.39, 0.29) is 24.8 Å². The number of carbonyl (C=O) groups excluding carboxylic acids is 3. The molecule has 0 bridgehead atoms. The van der Waals surface area contributed by atoms with Crippen molar-refractivity contribution in [1.29, 1.82) is 0 Å². The van der Waals surface area contributed by atoms with Crippen LogP contribution in [0.2, 0.25) is 0 Å². The van der Waals surface area contributed by atoms with Gasteiger partial charge in [0.15, 0.2) is 0 Å². The van der Waals surface area contributed by atoms with Crippen LogP contribution in [0.25, 0.3) is 22.2 Å². The second kappa shape index (κ2) is 9.09. The van der Waals surface area contributed by atoms with E-state index in [4.69, 9.17) is 9.84 Å². The molecule has 1 N–H and O–H groups in total. The van der Waals surface area contributed by atoms with Crippen molar-refractivity contribution in [2.24, 2.45) is 7.05 Å². The molecule has 178 valence electrons. The molecule has 2 amide bonds. The Morgan fingerprint density at radius 3 is 2.66 bits per heavy atom. The molecule has 0 fully saturated rings. The molecule has 3 heterocycles. The number of aromatic nitrogens is 3. The number of rotatable bonds is 6. The van der Waals surface area contributed by atoms with Gasteiger partial charge in [-0.3, -0.25) is 14.5 Å². The lowest BCUT2D eigenvalue weighted by Crippen LogP contribution is -2.42. The van der Waals surface area contributed by atoms with Gasteiger partial charge in [-0.15, -0.1) is 0 Å². The van der Waals surface area contributed by atoms with Crippen molar-refractivity contribution in [1.82, 2.24) is 14.3 Å². The van der Waals surface area contributed by atoms with Gasteiger partial charge in [0.2, 0.25) is 11.8 Å². The molecule has 1 aliphatic heterocycles. The Labute approximate surface area is 201 Å². The van der Waals surface area contributed by atoms with Crippen LogP contribution in [0.3, 0.4) is 0 Å². The van der Waals surface area contributed by atoms with E-state index in [9.17, 15) is 14.4 Å². The van der Waals surface area contributed by atoms with Crippen molar-refractivity contribution in [3.8, 4) is 11.3 Å². The summed E-state index contributed by atoms with van der Waals surface area (Å²) in [6.45, 7) is 2.36. The van der Waals surface area contributed by atoms with Crippen LogP contribution < -0.4 is 10.2 Å². The Bertz CT molecular complexity index is 1430. The number of nitrogens with one attached hydrogen (secondary N) is 1. The number of hydrogen-bond acceptors (Lipinski definition) is 5. The molecule has 4 aromatic rings. The molecule has 0 unspecified atom stereocenters. The molecule has 0 aliphatic carbocycles. The highest BCUT2D eigenvalue weighted by molar-refractivity contribution is 6.03. The number of esters is 1. The summed E-state index contributed by atoms with van der Waals surface area (Å²) in [5.74, 6) is -0.296. The van der Waals surface area contributed by atoms with Gasteiger partial charge in [0.25, 0.3) is 0 Å². The molecule has 2 aromatic heterocycles. The maximum atomic E-state index is 12.8. The number of amides is 2. The second-order valence-electron chi connectivity index (χ2n) is 8.36. The van der Waals surface area contributed by atoms with Gasteiger partial charge in [-0.25, -0.2) is 9.48 Å². The predicted octanol–water partition coefficient (Wildman–Crippen LogP) is 3.59. The minimum atomic E-state index is -0.417. The van der Waals surface area contributed by atoms with Crippen LogP contribution in [0.4, 0.5) is 11.5 Å². The molecule has 1 aliphatic rings. The zero-order chi connectivity index (χ0) is 24.5. The fourth-order valence-electron chi connectivity index (χ4n) is 4.35. The zero-order valence-electron chi connectivity index (χ0n) is 19.5. The Morgan fingerprint density at radius 2 is 1.89 bits per heavy atom. The third-order valence-corrected chi connectivity index (χ3v) is 6.03. The summed E-state index contributed by atoms with van der Waals surface area (Å²) in [7, 11) is 1.99. The van der Waals surface area contributed by atoms with E-state index < -0.39 is 5.97 Å². The number of hydrogen-bond donors (Lipinski definition) is 1. The summed E-state index contributed by atoms with van der Waals surface area (Å²) in [6, 6.07) is 16.4. The number of anilines is 2. The van der Waals surface area contributed by atoms with Gasteiger partial charge in [0.1, 0.15) is 12.4 Å². The molecule has 0 saturated heterocycles. The number of aryl methyl sites for hydroxylation is 2. The SMILES string of the molecule is CCOC(=O)c1ccc(NC(=O)CN2C(=O)CCn3nc(-c4cn(C)c5ccccc45)cc32)cc1. The highest BCUT2D eigenvalue weighted by atomic mass is 16.5. The van der Waals surface area contributed by atoms with E-state index in [1.165, 1.54) is 4.90 Å². The molecular weight excluding hydrogens is 446 g/mol. The standard InChI is InChI=1S/C26H25N5O4/c1-3-35-26(34)17-8-10-18(11-9-17)27-23(32)16-30-24-14-21(28-31(24)13-12-25(30)33)20-15-29(2)22-7-5-4-6-19(20)22/h4-11,14-15H,3,12-13,16H2,1-2H3,(H,27,32). The number of fused-ring (bicyclic) bond motifs is 2. The van der Waals surface area contributed by atoms with Crippen molar-refractivity contribution in [3.63, 3.8) is 0 Å². The number of para-hydroxylation sites is 1. The summed E-state index contributed by atoms with van der Waals surface area (Å²) >= 11 is 0. The highest BCUT2D eigenvalue weighted by Crippen LogP contribution is 2.33. The third kappa shape index (κ3) is 4.28. The minimum absolute atomic E-state index is 0.130. The average molecular weight is 472 g/mol. The first-order chi connectivity index (χ1) is 16.9. The molecular formula is C26H25N5O4. The highest BCUT2D eigenvalue weighted by Gasteiger charge is 2.28. The van der Waals surface area contributed by atoms with Crippen molar-refractivity contribution in [3.05, 3.63) is 66.4 Å². The van der Waals surface area contributed by atoms with E-state index in [1.54, 1.807) is 35.9 Å². The second-order valence-corrected chi connectivity index (χ2v) is 8.36. The minimum Gasteiger partial charge on any atom is -0.462 e. The van der Waals surface area contributed by atoms with Crippen LogP contribution in [0, 0.1) is 0 Å². The summed E-state index contributed by atoms with van der Waals surface area (Å²) in [4.78, 5) is 38.8. The van der Waals surface area contributed by atoms with Crippen LogP contribution in [-0.4, -0.2) is 45.3 Å².